The van der Waals surface area contributed by atoms with Gasteiger partial charge in [-0.15, -0.1) is 0 Å². The molecule has 0 aliphatic carbocycles. The molecule has 0 spiro atoms. The van der Waals surface area contributed by atoms with Crippen LogP contribution in [0.15, 0.2) is 16.6 Å². The first-order valence-electron chi connectivity index (χ1n) is 3.94. The van der Waals surface area contributed by atoms with Crippen molar-refractivity contribution >= 4 is 21.8 Å². The molecule has 0 atom stereocenters. The van der Waals surface area contributed by atoms with Crippen LogP contribution in [-0.4, -0.2) is 12.5 Å². The second kappa shape index (κ2) is 3.10. The molecule has 1 aromatic carbocycles. The van der Waals surface area contributed by atoms with Crippen molar-refractivity contribution in [1.29, 1.82) is 0 Å². The van der Waals surface area contributed by atoms with Crippen LogP contribution in [0.5, 0.6) is 0 Å². The molecule has 2 nitrogen and oxygen atoms in total. The van der Waals surface area contributed by atoms with Crippen molar-refractivity contribution < 1.29 is 9.18 Å². The zero-order valence-corrected chi connectivity index (χ0v) is 8.32. The molecule has 1 amide bonds. The van der Waals surface area contributed by atoms with Gasteiger partial charge in [0.25, 0.3) is 5.91 Å². The minimum Gasteiger partial charge on any atom is -0.352 e. The van der Waals surface area contributed by atoms with E-state index in [0.717, 1.165) is 12.0 Å². The van der Waals surface area contributed by atoms with Gasteiger partial charge >= 0.3 is 0 Å². The number of amides is 1. The summed E-state index contributed by atoms with van der Waals surface area (Å²) in [6.07, 6.45) is 0.764. The van der Waals surface area contributed by atoms with Crippen LogP contribution in [0.3, 0.4) is 0 Å². The highest BCUT2D eigenvalue weighted by molar-refractivity contribution is 9.10. The van der Waals surface area contributed by atoms with Gasteiger partial charge in [0, 0.05) is 12.1 Å². The number of hydrogen-bond acceptors (Lipinski definition) is 1. The average molecular weight is 244 g/mol. The predicted octanol–water partition coefficient (Wildman–Crippen LogP) is 1.87. The summed E-state index contributed by atoms with van der Waals surface area (Å²) in [6.45, 7) is 0.629. The molecular weight excluding hydrogens is 237 g/mol. The molecule has 0 fully saturated rings. The van der Waals surface area contributed by atoms with E-state index in [1.54, 1.807) is 6.07 Å². The Balaban J connectivity index is 2.58. The van der Waals surface area contributed by atoms with Gasteiger partial charge in [-0.2, -0.15) is 0 Å². The van der Waals surface area contributed by atoms with E-state index in [9.17, 15) is 9.18 Å². The fraction of sp³-hybridized carbons (Fsp3) is 0.222. The maximum atomic E-state index is 13.1. The van der Waals surface area contributed by atoms with Gasteiger partial charge < -0.3 is 5.32 Å². The van der Waals surface area contributed by atoms with E-state index in [0.29, 0.717) is 16.6 Å². The maximum absolute atomic E-state index is 13.1. The Hall–Kier alpha value is -0.900. The first kappa shape index (κ1) is 8.69. The van der Waals surface area contributed by atoms with E-state index in [1.165, 1.54) is 6.07 Å². The lowest BCUT2D eigenvalue weighted by atomic mass is 10.0. The fourth-order valence-corrected chi connectivity index (χ4v) is 1.80. The van der Waals surface area contributed by atoms with E-state index in [2.05, 4.69) is 21.2 Å². The van der Waals surface area contributed by atoms with Crippen LogP contribution in [0.25, 0.3) is 0 Å². The van der Waals surface area contributed by atoms with Gasteiger partial charge in [-0.25, -0.2) is 4.39 Å². The lowest BCUT2D eigenvalue weighted by Crippen LogP contribution is -2.31. The molecule has 0 saturated carbocycles. The molecule has 0 bridgehead atoms. The normalized spacial score (nSPS) is 15.1. The number of fused-ring (bicyclic) bond motifs is 1. The van der Waals surface area contributed by atoms with Crippen molar-refractivity contribution in [2.24, 2.45) is 0 Å². The first-order valence-corrected chi connectivity index (χ1v) is 4.74. The topological polar surface area (TPSA) is 29.1 Å². The molecule has 2 rings (SSSR count). The largest absolute Gasteiger partial charge is 0.352 e. The molecule has 4 heteroatoms. The number of nitrogens with one attached hydrogen (secondary N) is 1. The van der Waals surface area contributed by atoms with Crippen LogP contribution in [0.4, 0.5) is 4.39 Å². The SMILES string of the molecule is O=C1NCCc2cc(Br)c(F)cc21. The Morgan fingerprint density at radius 1 is 1.46 bits per heavy atom. The summed E-state index contributed by atoms with van der Waals surface area (Å²) in [5, 5.41) is 2.66. The molecule has 0 aromatic heterocycles. The standard InChI is InChI=1S/C9H7BrFNO/c10-7-3-5-1-2-12-9(13)6(5)4-8(7)11/h3-4H,1-2H2,(H,12,13). The van der Waals surface area contributed by atoms with E-state index in [-0.39, 0.29) is 5.91 Å². The second-order valence-electron chi connectivity index (χ2n) is 2.93. The highest BCUT2D eigenvalue weighted by atomic mass is 79.9. The smallest absolute Gasteiger partial charge is 0.251 e. The van der Waals surface area contributed by atoms with E-state index < -0.39 is 5.82 Å². The molecule has 1 N–H and O–H groups in total. The quantitative estimate of drug-likeness (QED) is 0.741. The molecular formula is C9H7BrFNO. The summed E-state index contributed by atoms with van der Waals surface area (Å²) in [6, 6.07) is 2.94. The van der Waals surface area contributed by atoms with Gasteiger partial charge in [-0.1, -0.05) is 0 Å². The maximum Gasteiger partial charge on any atom is 0.251 e. The van der Waals surface area contributed by atoms with Crippen molar-refractivity contribution in [3.63, 3.8) is 0 Å². The Bertz CT molecular complexity index is 378. The average Bonchev–Trinajstić information content (AvgIpc) is 2.09. The van der Waals surface area contributed by atoms with Crippen LogP contribution >= 0.6 is 15.9 Å². The van der Waals surface area contributed by atoms with Gasteiger partial charge in [0.1, 0.15) is 5.82 Å². The second-order valence-corrected chi connectivity index (χ2v) is 3.78. The molecule has 68 valence electrons. The first-order chi connectivity index (χ1) is 6.18. The van der Waals surface area contributed by atoms with Gasteiger partial charge in [0.2, 0.25) is 0 Å². The molecule has 0 saturated heterocycles. The summed E-state index contributed by atoms with van der Waals surface area (Å²) in [5.41, 5.74) is 1.35. The third-order valence-electron chi connectivity index (χ3n) is 2.07. The Morgan fingerprint density at radius 2 is 2.23 bits per heavy atom. The Labute approximate surface area is 83.3 Å². The molecule has 1 aromatic rings. The molecule has 1 aliphatic heterocycles. The summed E-state index contributed by atoms with van der Waals surface area (Å²) in [7, 11) is 0. The summed E-state index contributed by atoms with van der Waals surface area (Å²) >= 11 is 3.09. The Morgan fingerprint density at radius 3 is 3.00 bits per heavy atom. The molecule has 13 heavy (non-hydrogen) atoms. The number of halogens is 2. The van der Waals surface area contributed by atoms with Crippen molar-refractivity contribution in [2.45, 2.75) is 6.42 Å². The molecule has 1 heterocycles. The highest BCUT2D eigenvalue weighted by Crippen LogP contribution is 2.22. The van der Waals surface area contributed by atoms with E-state index >= 15 is 0 Å². The molecule has 0 unspecified atom stereocenters. The zero-order chi connectivity index (χ0) is 9.42. The van der Waals surface area contributed by atoms with Gasteiger partial charge in [-0.05, 0) is 40.0 Å². The summed E-state index contributed by atoms with van der Waals surface area (Å²) < 4.78 is 13.5. The third-order valence-corrected chi connectivity index (χ3v) is 2.68. The minimum atomic E-state index is -0.393. The summed E-state index contributed by atoms with van der Waals surface area (Å²) in [4.78, 5) is 11.3. The van der Waals surface area contributed by atoms with Crippen LogP contribution in [0.2, 0.25) is 0 Å². The third kappa shape index (κ3) is 1.46. The highest BCUT2D eigenvalue weighted by Gasteiger charge is 2.18. The number of hydrogen-bond donors (Lipinski definition) is 1. The van der Waals surface area contributed by atoms with Crippen molar-refractivity contribution in [2.75, 3.05) is 6.54 Å². The van der Waals surface area contributed by atoms with Crippen molar-refractivity contribution in [1.82, 2.24) is 5.32 Å². The van der Waals surface area contributed by atoms with Crippen LogP contribution < -0.4 is 5.32 Å². The number of benzene rings is 1. The van der Waals surface area contributed by atoms with Crippen LogP contribution in [0, 0.1) is 5.82 Å². The molecule has 1 aliphatic rings. The predicted molar refractivity (Wildman–Crippen MR) is 50.1 cm³/mol. The Kier molecular flexibility index (Phi) is 2.07. The van der Waals surface area contributed by atoms with Crippen molar-refractivity contribution in [3.8, 4) is 0 Å². The van der Waals surface area contributed by atoms with E-state index in [4.69, 9.17) is 0 Å². The zero-order valence-electron chi connectivity index (χ0n) is 6.73. The monoisotopic (exact) mass is 243 g/mol. The molecule has 0 radical (unpaired) electrons. The lowest BCUT2D eigenvalue weighted by molar-refractivity contribution is 0.0945. The number of rotatable bonds is 0. The van der Waals surface area contributed by atoms with Gasteiger partial charge in [0.05, 0.1) is 4.47 Å². The number of carbonyl (C=O) groups is 1. The minimum absolute atomic E-state index is 0.187. The van der Waals surface area contributed by atoms with Gasteiger partial charge in [-0.3, -0.25) is 4.79 Å². The fourth-order valence-electron chi connectivity index (χ4n) is 1.41. The van der Waals surface area contributed by atoms with Gasteiger partial charge in [0.15, 0.2) is 0 Å². The van der Waals surface area contributed by atoms with Crippen LogP contribution in [0.1, 0.15) is 15.9 Å². The lowest BCUT2D eigenvalue weighted by Gasteiger charge is -2.16. The summed E-state index contributed by atoms with van der Waals surface area (Å²) in [5.74, 6) is -0.580. The van der Waals surface area contributed by atoms with Crippen molar-refractivity contribution in [3.05, 3.63) is 33.5 Å². The number of carbonyl (C=O) groups excluding carboxylic acids is 1. The van der Waals surface area contributed by atoms with Crippen LogP contribution in [-0.2, 0) is 6.42 Å². The van der Waals surface area contributed by atoms with E-state index in [1.807, 2.05) is 0 Å².